The topological polar surface area (TPSA) is 116 Å². The third-order valence-electron chi connectivity index (χ3n) is 7.01. The van der Waals surface area contributed by atoms with Gasteiger partial charge in [0, 0.05) is 35.5 Å². The summed E-state index contributed by atoms with van der Waals surface area (Å²) in [5.74, 6) is 0.692. The van der Waals surface area contributed by atoms with E-state index in [1.165, 1.54) is 11.3 Å². The van der Waals surface area contributed by atoms with Gasteiger partial charge in [-0.2, -0.15) is 0 Å². The van der Waals surface area contributed by atoms with Gasteiger partial charge in [-0.3, -0.25) is 4.79 Å². The summed E-state index contributed by atoms with van der Waals surface area (Å²) in [6, 6.07) is 10.1. The lowest BCUT2D eigenvalue weighted by Crippen LogP contribution is -2.68. The van der Waals surface area contributed by atoms with Crippen molar-refractivity contribution in [3.05, 3.63) is 46.5 Å². The zero-order chi connectivity index (χ0) is 22.7. The van der Waals surface area contributed by atoms with E-state index in [1.54, 1.807) is 0 Å². The minimum atomic E-state index is -0.186. The van der Waals surface area contributed by atoms with Gasteiger partial charge in [-0.15, -0.1) is 11.3 Å². The van der Waals surface area contributed by atoms with Crippen LogP contribution in [0.15, 0.2) is 30.3 Å². The molecular formula is C24H27N5O3S. The molecule has 1 spiro atoms. The highest BCUT2D eigenvalue weighted by atomic mass is 32.1. The number of hydrogen-bond donors (Lipinski definition) is 3. The maximum atomic E-state index is 12.9. The molecule has 8 nitrogen and oxygen atoms in total. The van der Waals surface area contributed by atoms with Gasteiger partial charge >= 0.3 is 0 Å². The molecular weight excluding hydrogens is 438 g/mol. The number of thiophene rings is 1. The molecule has 0 saturated carbocycles. The number of aromatic nitrogens is 1. The Morgan fingerprint density at radius 2 is 2.15 bits per heavy atom. The molecule has 5 heterocycles. The second-order valence-electron chi connectivity index (χ2n) is 9.29. The average Bonchev–Trinajstić information content (AvgIpc) is 3.32. The first kappa shape index (κ1) is 20.7. The van der Waals surface area contributed by atoms with Crippen LogP contribution in [0.2, 0.25) is 0 Å². The lowest BCUT2D eigenvalue weighted by molar-refractivity contribution is -0.0264. The van der Waals surface area contributed by atoms with Crippen LogP contribution >= 0.6 is 11.3 Å². The normalized spacial score (nSPS) is 23.3. The largest absolute Gasteiger partial charge is 0.491 e. The number of rotatable bonds is 3. The van der Waals surface area contributed by atoms with E-state index < -0.39 is 0 Å². The standard InChI is InChI=1S/C24H27N5O3S/c1-13-2-5-17-20(26)21(33-23(17)27-13)22(30)28-15-8-14-3-4-16(9-18(14)31-10-15)29-11-24(12-29)19(25)6-7-32-24/h2-5,9,15,19H,6-8,10-12,25-26H2,1H3,(H,28,30)/t15-,19-/m1/s1. The number of nitrogens with zero attached hydrogens (tertiary/aromatic N) is 2. The van der Waals surface area contributed by atoms with E-state index in [9.17, 15) is 4.79 Å². The molecule has 0 radical (unpaired) electrons. The Hall–Kier alpha value is -2.88. The molecule has 6 rings (SSSR count). The quantitative estimate of drug-likeness (QED) is 0.543. The first-order valence-corrected chi connectivity index (χ1v) is 12.1. The molecule has 9 heteroatoms. The van der Waals surface area contributed by atoms with E-state index in [-0.39, 0.29) is 23.6 Å². The molecule has 172 valence electrons. The van der Waals surface area contributed by atoms with Gasteiger partial charge in [0.2, 0.25) is 0 Å². The number of hydrogen-bond acceptors (Lipinski definition) is 8. The maximum absolute atomic E-state index is 12.9. The third-order valence-corrected chi connectivity index (χ3v) is 8.12. The molecule has 2 saturated heterocycles. The Kier molecular flexibility index (Phi) is 4.76. The summed E-state index contributed by atoms with van der Waals surface area (Å²) in [4.78, 5) is 21.0. The van der Waals surface area contributed by atoms with Crippen LogP contribution in [0.3, 0.4) is 0 Å². The first-order valence-electron chi connectivity index (χ1n) is 11.3. The van der Waals surface area contributed by atoms with Crippen molar-refractivity contribution in [2.24, 2.45) is 5.73 Å². The Morgan fingerprint density at radius 3 is 2.94 bits per heavy atom. The third kappa shape index (κ3) is 3.42. The summed E-state index contributed by atoms with van der Waals surface area (Å²) >= 11 is 1.33. The maximum Gasteiger partial charge on any atom is 0.263 e. The van der Waals surface area contributed by atoms with Crippen molar-refractivity contribution in [2.45, 2.75) is 37.5 Å². The molecule has 3 aliphatic rings. The van der Waals surface area contributed by atoms with Gasteiger partial charge < -0.3 is 31.2 Å². The number of amides is 1. The van der Waals surface area contributed by atoms with Crippen LogP contribution in [0.4, 0.5) is 11.4 Å². The second-order valence-corrected chi connectivity index (χ2v) is 10.3. The predicted molar refractivity (Wildman–Crippen MR) is 129 cm³/mol. The van der Waals surface area contributed by atoms with Crippen LogP contribution in [0.25, 0.3) is 10.2 Å². The second kappa shape index (κ2) is 7.58. The molecule has 33 heavy (non-hydrogen) atoms. The van der Waals surface area contributed by atoms with E-state index in [4.69, 9.17) is 20.9 Å². The highest BCUT2D eigenvalue weighted by Gasteiger charge is 2.51. The number of carbonyl (C=O) groups is 1. The van der Waals surface area contributed by atoms with E-state index in [0.717, 1.165) is 59.0 Å². The van der Waals surface area contributed by atoms with Gasteiger partial charge in [-0.1, -0.05) is 6.07 Å². The lowest BCUT2D eigenvalue weighted by Gasteiger charge is -2.50. The lowest BCUT2D eigenvalue weighted by atomic mass is 9.86. The number of nitrogens with two attached hydrogens (primary N) is 2. The fourth-order valence-corrected chi connectivity index (χ4v) is 6.07. The number of benzene rings is 1. The fourth-order valence-electron chi connectivity index (χ4n) is 5.03. The smallest absolute Gasteiger partial charge is 0.263 e. The number of aryl methyl sites for hydroxylation is 1. The first-order chi connectivity index (χ1) is 15.9. The van der Waals surface area contributed by atoms with Crippen molar-refractivity contribution >= 4 is 38.8 Å². The highest BCUT2D eigenvalue weighted by molar-refractivity contribution is 7.21. The fraction of sp³-hybridized carbons (Fsp3) is 0.417. The highest BCUT2D eigenvalue weighted by Crippen LogP contribution is 2.39. The average molecular weight is 466 g/mol. The summed E-state index contributed by atoms with van der Waals surface area (Å²) in [6.45, 7) is 4.73. The number of ether oxygens (including phenoxy) is 2. The molecule has 1 amide bonds. The molecule has 2 aromatic heterocycles. The number of carbonyl (C=O) groups excluding carboxylic acids is 1. The molecule has 0 aliphatic carbocycles. The Bertz CT molecular complexity index is 1250. The Balaban J connectivity index is 1.13. The summed E-state index contributed by atoms with van der Waals surface area (Å²) < 4.78 is 12.0. The summed E-state index contributed by atoms with van der Waals surface area (Å²) in [5.41, 5.74) is 15.9. The zero-order valence-electron chi connectivity index (χ0n) is 18.5. The van der Waals surface area contributed by atoms with Gasteiger partial charge in [-0.25, -0.2) is 4.98 Å². The monoisotopic (exact) mass is 465 g/mol. The summed E-state index contributed by atoms with van der Waals surface area (Å²) in [7, 11) is 0. The van der Waals surface area contributed by atoms with Crippen molar-refractivity contribution in [1.82, 2.24) is 10.3 Å². The van der Waals surface area contributed by atoms with E-state index in [0.29, 0.717) is 23.6 Å². The predicted octanol–water partition coefficient (Wildman–Crippen LogP) is 2.23. The number of nitrogens with one attached hydrogen (secondary N) is 1. The van der Waals surface area contributed by atoms with Gasteiger partial charge in [0.1, 0.15) is 27.7 Å². The SMILES string of the molecule is Cc1ccc2c(N)c(C(=O)N[C@H]3COc4cc(N5CC6(C5)OCC[C@H]6N)ccc4C3)sc2n1. The summed E-state index contributed by atoms with van der Waals surface area (Å²) in [6.07, 6.45) is 1.64. The zero-order valence-corrected chi connectivity index (χ0v) is 19.3. The molecule has 3 aromatic rings. The van der Waals surface area contributed by atoms with Crippen LogP contribution in [-0.4, -0.2) is 54.9 Å². The molecule has 2 atom stereocenters. The number of fused-ring (bicyclic) bond motifs is 2. The molecule has 0 unspecified atom stereocenters. The van der Waals surface area contributed by atoms with Crippen molar-refractivity contribution in [3.63, 3.8) is 0 Å². The molecule has 1 aromatic carbocycles. The van der Waals surface area contributed by atoms with Crippen molar-refractivity contribution in [2.75, 3.05) is 36.9 Å². The Labute approximate surface area is 195 Å². The van der Waals surface area contributed by atoms with Crippen LogP contribution in [0.1, 0.15) is 27.3 Å². The molecule has 3 aliphatic heterocycles. The van der Waals surface area contributed by atoms with Crippen LogP contribution in [0, 0.1) is 6.92 Å². The van der Waals surface area contributed by atoms with Gasteiger partial charge in [0.25, 0.3) is 5.91 Å². The van der Waals surface area contributed by atoms with Crippen LogP contribution in [0.5, 0.6) is 5.75 Å². The minimum absolute atomic E-state index is 0.113. The van der Waals surface area contributed by atoms with E-state index >= 15 is 0 Å². The Morgan fingerprint density at radius 1 is 1.30 bits per heavy atom. The van der Waals surface area contributed by atoms with Crippen LogP contribution in [-0.2, 0) is 11.2 Å². The molecule has 2 fully saturated rings. The van der Waals surface area contributed by atoms with Crippen molar-refractivity contribution in [3.8, 4) is 5.75 Å². The van der Waals surface area contributed by atoms with Crippen LogP contribution < -0.4 is 26.4 Å². The minimum Gasteiger partial charge on any atom is -0.491 e. The van der Waals surface area contributed by atoms with Crippen molar-refractivity contribution < 1.29 is 14.3 Å². The van der Waals surface area contributed by atoms with Gasteiger partial charge in [0.05, 0.1) is 24.8 Å². The molecule has 0 bridgehead atoms. The summed E-state index contributed by atoms with van der Waals surface area (Å²) in [5, 5.41) is 3.91. The van der Waals surface area contributed by atoms with Gasteiger partial charge in [-0.05, 0) is 43.5 Å². The number of nitrogen functional groups attached to an aromatic ring is 1. The van der Waals surface area contributed by atoms with E-state index in [2.05, 4.69) is 33.4 Å². The number of pyridine rings is 1. The molecule has 5 N–H and O–H groups in total. The van der Waals surface area contributed by atoms with E-state index in [1.807, 2.05) is 19.1 Å². The van der Waals surface area contributed by atoms with Gasteiger partial charge in [0.15, 0.2) is 0 Å². The number of anilines is 2. The van der Waals surface area contributed by atoms with Crippen molar-refractivity contribution in [1.29, 1.82) is 0 Å².